The van der Waals surface area contributed by atoms with Gasteiger partial charge in [0.1, 0.15) is 11.3 Å². The number of carbonyl (C=O) groups excluding carboxylic acids is 1. The fraction of sp³-hybridized carbons (Fsp3) is 0.429. The Bertz CT molecular complexity index is 1440. The fourth-order valence-corrected chi connectivity index (χ4v) is 4.97. The molecule has 4 aromatic rings. The van der Waals surface area contributed by atoms with Crippen LogP contribution in [0.15, 0.2) is 64.8 Å². The Hall–Kier alpha value is -2.75. The first-order valence-electron chi connectivity index (χ1n) is 14.3. The van der Waals surface area contributed by atoms with Crippen LogP contribution in [0.2, 0.25) is 0 Å². The molecule has 0 unspecified atom stereocenters. The van der Waals surface area contributed by atoms with E-state index >= 15 is 0 Å². The van der Waals surface area contributed by atoms with Gasteiger partial charge in [0.15, 0.2) is 11.4 Å². The predicted octanol–water partition coefficient (Wildman–Crippen LogP) is 9.92. The monoisotopic (exact) mass is 719 g/mol. The molecule has 0 atom stereocenters. The second kappa shape index (κ2) is 14.8. The van der Waals surface area contributed by atoms with Crippen LogP contribution < -0.4 is 0 Å². The molecule has 0 bridgehead atoms. The Kier molecular flexibility index (Phi) is 12.3. The summed E-state index contributed by atoms with van der Waals surface area (Å²) < 4.78 is 5.63. The molecule has 0 saturated carbocycles. The van der Waals surface area contributed by atoms with Crippen molar-refractivity contribution in [1.29, 1.82) is 0 Å². The molecule has 0 aliphatic rings. The first kappa shape index (κ1) is 33.5. The summed E-state index contributed by atoms with van der Waals surface area (Å²) in [7, 11) is 0. The second-order valence-electron chi connectivity index (χ2n) is 11.3. The maximum absolute atomic E-state index is 11.7. The number of carbonyl (C=O) groups is 1. The van der Waals surface area contributed by atoms with E-state index in [4.69, 9.17) is 9.40 Å². The Morgan fingerprint density at radius 3 is 2.20 bits per heavy atom. The quantitative estimate of drug-likeness (QED) is 0.112. The van der Waals surface area contributed by atoms with Crippen LogP contribution >= 0.6 is 0 Å². The van der Waals surface area contributed by atoms with E-state index in [0.717, 1.165) is 59.2 Å². The maximum atomic E-state index is 11.7. The molecular formula is C35H44IrNO3-. The Morgan fingerprint density at radius 2 is 1.60 bits per heavy atom. The zero-order chi connectivity index (χ0) is 28.7. The van der Waals surface area contributed by atoms with Crippen LogP contribution in [-0.4, -0.2) is 15.9 Å². The minimum absolute atomic E-state index is 0. The average molecular weight is 719 g/mol. The van der Waals surface area contributed by atoms with E-state index in [0.29, 0.717) is 0 Å². The third-order valence-electron chi connectivity index (χ3n) is 7.44. The Morgan fingerprint density at radius 1 is 0.975 bits per heavy atom. The largest absolute Gasteiger partial charge is 0.512 e. The van der Waals surface area contributed by atoms with Crippen LogP contribution in [0.5, 0.6) is 0 Å². The van der Waals surface area contributed by atoms with Gasteiger partial charge in [0.2, 0.25) is 0 Å². The van der Waals surface area contributed by atoms with Gasteiger partial charge in [0, 0.05) is 49.8 Å². The number of rotatable bonds is 8. The Balaban J connectivity index is 0.000000307. The van der Waals surface area contributed by atoms with Gasteiger partial charge in [0.25, 0.3) is 0 Å². The number of fused-ring (bicyclic) bond motifs is 2. The minimum atomic E-state index is 0. The number of ketones is 1. The summed E-state index contributed by atoms with van der Waals surface area (Å²) in [6, 6.07) is 20.2. The number of nitrogens with zero attached hydrogens (tertiary/aromatic N) is 1. The molecule has 4 rings (SSSR count). The number of benzene rings is 2. The van der Waals surface area contributed by atoms with E-state index in [1.807, 2.05) is 52.8 Å². The standard InChI is InChI=1S/C22H20NO.C13H24O2.Ir/c1-14-11-20-21(24-14)10-9-19(23-20)16-12-15-7-5-6-8-17(15)18(13-16)22(2,3)4;1-5-10(6-2)12(14)9-13(15)11(7-3)8-4;/h5-11,13H,1-4H3;9-11,14H,5-8H2,1-4H3;/q-1;;/b;12-9-;. The van der Waals surface area contributed by atoms with Crippen molar-refractivity contribution in [2.24, 2.45) is 11.8 Å². The molecule has 4 nitrogen and oxygen atoms in total. The van der Waals surface area contributed by atoms with E-state index < -0.39 is 0 Å². The number of aliphatic hydroxyl groups is 1. The van der Waals surface area contributed by atoms with Gasteiger partial charge in [0.05, 0.1) is 5.76 Å². The summed E-state index contributed by atoms with van der Waals surface area (Å²) >= 11 is 0. The number of furan rings is 1. The van der Waals surface area contributed by atoms with Crippen LogP contribution in [0.3, 0.4) is 0 Å². The number of allylic oxidation sites excluding steroid dienone is 2. The Labute approximate surface area is 253 Å². The molecule has 1 N–H and O–H groups in total. The molecule has 0 aliphatic carbocycles. The molecule has 2 aromatic carbocycles. The van der Waals surface area contributed by atoms with Crippen LogP contribution in [0.4, 0.5) is 0 Å². The van der Waals surface area contributed by atoms with Crippen molar-refractivity contribution in [2.75, 3.05) is 0 Å². The summed E-state index contributed by atoms with van der Waals surface area (Å²) in [5.41, 5.74) is 5.05. The van der Waals surface area contributed by atoms with Crippen molar-refractivity contribution in [3.63, 3.8) is 0 Å². The van der Waals surface area contributed by atoms with Gasteiger partial charge in [-0.05, 0) is 44.1 Å². The average Bonchev–Trinajstić information content (AvgIpc) is 3.28. The smallest absolute Gasteiger partial charge is 0.162 e. The number of pyridine rings is 1. The topological polar surface area (TPSA) is 63.3 Å². The van der Waals surface area contributed by atoms with Crippen molar-refractivity contribution < 1.29 is 34.4 Å². The zero-order valence-electron chi connectivity index (χ0n) is 25.2. The summed E-state index contributed by atoms with van der Waals surface area (Å²) in [6.07, 6.45) is 4.91. The van der Waals surface area contributed by atoms with Crippen molar-refractivity contribution in [1.82, 2.24) is 4.98 Å². The van der Waals surface area contributed by atoms with Crippen molar-refractivity contribution in [3.8, 4) is 11.3 Å². The minimum Gasteiger partial charge on any atom is -0.512 e. The van der Waals surface area contributed by atoms with E-state index in [-0.39, 0.29) is 48.9 Å². The van der Waals surface area contributed by atoms with Gasteiger partial charge in [-0.15, -0.1) is 29.1 Å². The molecule has 0 fully saturated rings. The van der Waals surface area contributed by atoms with Crippen molar-refractivity contribution >= 4 is 27.7 Å². The fourth-order valence-electron chi connectivity index (χ4n) is 4.97. The molecule has 1 radical (unpaired) electrons. The third kappa shape index (κ3) is 8.15. The third-order valence-corrected chi connectivity index (χ3v) is 7.44. The van der Waals surface area contributed by atoms with Gasteiger partial charge < -0.3 is 9.52 Å². The number of aromatic nitrogens is 1. The summed E-state index contributed by atoms with van der Waals surface area (Å²) in [6.45, 7) is 16.8. The molecule has 0 spiro atoms. The van der Waals surface area contributed by atoms with E-state index in [2.05, 4.69) is 57.2 Å². The van der Waals surface area contributed by atoms with E-state index in [1.54, 1.807) is 0 Å². The van der Waals surface area contributed by atoms with Crippen LogP contribution in [-0.2, 0) is 30.3 Å². The summed E-state index contributed by atoms with van der Waals surface area (Å²) in [4.78, 5) is 16.5. The first-order valence-corrected chi connectivity index (χ1v) is 14.3. The molecule has 2 heterocycles. The van der Waals surface area contributed by atoms with Crippen LogP contribution in [0.25, 0.3) is 33.1 Å². The SMILES string of the molecule is CCC(CC)C(=O)/C=C(\O)C(CC)CC.Cc1cc2nc(-c3[c-]c4ccccc4c(C(C)(C)C)c3)ccc2o1.[Ir]. The van der Waals surface area contributed by atoms with E-state index in [1.165, 1.54) is 17.0 Å². The number of aliphatic hydroxyl groups excluding tert-OH is 1. The van der Waals surface area contributed by atoms with Crippen molar-refractivity contribution in [2.45, 2.75) is 86.5 Å². The molecule has 0 aliphatic heterocycles. The second-order valence-corrected chi connectivity index (χ2v) is 11.3. The molecular weight excluding hydrogens is 675 g/mol. The number of hydrogen-bond donors (Lipinski definition) is 1. The van der Waals surface area contributed by atoms with Gasteiger partial charge in [-0.3, -0.25) is 9.78 Å². The maximum Gasteiger partial charge on any atom is 0.162 e. The van der Waals surface area contributed by atoms with Crippen molar-refractivity contribution in [3.05, 3.63) is 77.8 Å². The zero-order valence-corrected chi connectivity index (χ0v) is 27.6. The van der Waals surface area contributed by atoms with Crippen LogP contribution in [0.1, 0.15) is 85.5 Å². The van der Waals surface area contributed by atoms with Gasteiger partial charge in [-0.2, -0.15) is 0 Å². The van der Waals surface area contributed by atoms with E-state index in [9.17, 15) is 9.90 Å². The molecule has 2 aromatic heterocycles. The first-order chi connectivity index (χ1) is 18.5. The molecule has 217 valence electrons. The van der Waals surface area contributed by atoms with Gasteiger partial charge in [-0.1, -0.05) is 83.7 Å². The van der Waals surface area contributed by atoms with Gasteiger partial charge >= 0.3 is 0 Å². The molecule has 40 heavy (non-hydrogen) atoms. The number of aryl methyl sites for hydroxylation is 1. The molecule has 0 saturated heterocycles. The summed E-state index contributed by atoms with van der Waals surface area (Å²) in [5, 5.41) is 12.1. The normalized spacial score (nSPS) is 12.0. The van der Waals surface area contributed by atoms with Crippen LogP contribution in [0, 0.1) is 24.8 Å². The summed E-state index contributed by atoms with van der Waals surface area (Å²) in [5.74, 6) is 1.43. The van der Waals surface area contributed by atoms with Gasteiger partial charge in [-0.25, -0.2) is 0 Å². The number of hydrogen-bond acceptors (Lipinski definition) is 4. The predicted molar refractivity (Wildman–Crippen MR) is 163 cm³/mol. The molecule has 0 amide bonds. The molecule has 5 heteroatoms.